The van der Waals surface area contributed by atoms with Gasteiger partial charge in [0.1, 0.15) is 5.60 Å². The van der Waals surface area contributed by atoms with Gasteiger partial charge in [-0.05, 0) is 20.8 Å². The van der Waals surface area contributed by atoms with Crippen molar-refractivity contribution in [2.45, 2.75) is 39.6 Å². The third-order valence-electron chi connectivity index (χ3n) is 2.50. The van der Waals surface area contributed by atoms with Crippen LogP contribution in [0.4, 0.5) is 4.79 Å². The Labute approximate surface area is 109 Å². The highest BCUT2D eigenvalue weighted by molar-refractivity contribution is 5.67. The molecule has 0 aliphatic rings. The highest BCUT2D eigenvalue weighted by atomic mass is 16.7. The van der Waals surface area contributed by atoms with Crippen LogP contribution in [0.1, 0.15) is 27.7 Å². The lowest BCUT2D eigenvalue weighted by molar-refractivity contribution is -0.168. The molecule has 3 N–H and O–H groups in total. The number of carbonyl (C=O) groups excluding carboxylic acids is 1. The van der Waals surface area contributed by atoms with Gasteiger partial charge in [0.25, 0.3) is 0 Å². The van der Waals surface area contributed by atoms with Gasteiger partial charge in [0.2, 0.25) is 0 Å². The second kappa shape index (κ2) is 6.92. The van der Waals surface area contributed by atoms with Crippen molar-refractivity contribution in [2.24, 2.45) is 11.1 Å². The monoisotopic (exact) mass is 262 g/mol. The first-order chi connectivity index (χ1) is 8.18. The Morgan fingerprint density at radius 3 is 2.06 bits per heavy atom. The summed E-state index contributed by atoms with van der Waals surface area (Å²) in [7, 11) is 3.07. The Hall–Kier alpha value is -0.850. The quantitative estimate of drug-likeness (QED) is 0.700. The van der Waals surface area contributed by atoms with Crippen molar-refractivity contribution in [3.63, 3.8) is 0 Å². The molecule has 0 radical (unpaired) electrons. The number of ether oxygens (including phenoxy) is 3. The van der Waals surface area contributed by atoms with Gasteiger partial charge < -0.3 is 25.3 Å². The van der Waals surface area contributed by atoms with E-state index in [9.17, 15) is 4.79 Å². The molecular weight excluding hydrogens is 236 g/mol. The maximum atomic E-state index is 11.6. The first-order valence-corrected chi connectivity index (χ1v) is 5.91. The summed E-state index contributed by atoms with van der Waals surface area (Å²) in [5.74, 6) is 0. The van der Waals surface area contributed by atoms with Crippen molar-refractivity contribution >= 4 is 6.09 Å². The molecular formula is C12H26N2O4. The molecule has 0 spiro atoms. The van der Waals surface area contributed by atoms with Gasteiger partial charge in [-0.1, -0.05) is 6.92 Å². The Morgan fingerprint density at radius 1 is 1.22 bits per heavy atom. The van der Waals surface area contributed by atoms with Gasteiger partial charge in [-0.15, -0.1) is 0 Å². The topological polar surface area (TPSA) is 82.8 Å². The minimum absolute atomic E-state index is 0.310. The normalized spacial score (nSPS) is 15.3. The standard InChI is InChI=1S/C12H26N2O4/c1-11(2,3)18-10(15)14-8-12(4,7-13)9(16-5)17-6/h9H,7-8,13H2,1-6H3,(H,14,15). The third kappa shape index (κ3) is 5.66. The molecule has 0 heterocycles. The number of rotatable bonds is 6. The Bertz CT molecular complexity index is 261. The minimum atomic E-state index is -0.523. The molecule has 6 nitrogen and oxygen atoms in total. The summed E-state index contributed by atoms with van der Waals surface area (Å²) in [5, 5.41) is 2.68. The highest BCUT2D eigenvalue weighted by Crippen LogP contribution is 2.22. The van der Waals surface area contributed by atoms with E-state index >= 15 is 0 Å². The van der Waals surface area contributed by atoms with Crippen LogP contribution < -0.4 is 11.1 Å². The zero-order valence-corrected chi connectivity index (χ0v) is 12.2. The van der Waals surface area contributed by atoms with Crippen molar-refractivity contribution in [3.8, 4) is 0 Å². The third-order valence-corrected chi connectivity index (χ3v) is 2.50. The molecule has 18 heavy (non-hydrogen) atoms. The zero-order valence-electron chi connectivity index (χ0n) is 12.2. The van der Waals surface area contributed by atoms with Crippen molar-refractivity contribution in [1.29, 1.82) is 0 Å². The molecule has 0 rings (SSSR count). The lowest BCUT2D eigenvalue weighted by atomic mass is 9.89. The fraction of sp³-hybridized carbons (Fsp3) is 0.917. The van der Waals surface area contributed by atoms with E-state index in [4.69, 9.17) is 19.9 Å². The van der Waals surface area contributed by atoms with Crippen LogP contribution in [0.25, 0.3) is 0 Å². The number of hydrogen-bond donors (Lipinski definition) is 2. The van der Waals surface area contributed by atoms with Crippen LogP contribution in [0.2, 0.25) is 0 Å². The van der Waals surface area contributed by atoms with E-state index < -0.39 is 23.4 Å². The number of nitrogens with two attached hydrogens (primary N) is 1. The van der Waals surface area contributed by atoms with Gasteiger partial charge in [-0.25, -0.2) is 4.79 Å². The summed E-state index contributed by atoms with van der Waals surface area (Å²) in [5.41, 5.74) is 4.68. The molecule has 1 unspecified atom stereocenters. The van der Waals surface area contributed by atoms with Gasteiger partial charge in [-0.3, -0.25) is 0 Å². The largest absolute Gasteiger partial charge is 0.444 e. The number of alkyl carbamates (subject to hydrolysis) is 1. The van der Waals surface area contributed by atoms with Gasteiger partial charge in [0, 0.05) is 32.7 Å². The van der Waals surface area contributed by atoms with E-state index in [-0.39, 0.29) is 0 Å². The van der Waals surface area contributed by atoms with Gasteiger partial charge in [0.05, 0.1) is 0 Å². The molecule has 0 fully saturated rings. The van der Waals surface area contributed by atoms with Crippen LogP contribution >= 0.6 is 0 Å². The lowest BCUT2D eigenvalue weighted by Crippen LogP contribution is -2.50. The molecule has 0 bridgehead atoms. The molecule has 0 aliphatic heterocycles. The van der Waals surface area contributed by atoms with E-state index in [0.717, 1.165) is 0 Å². The van der Waals surface area contributed by atoms with E-state index in [1.54, 1.807) is 0 Å². The smallest absolute Gasteiger partial charge is 0.407 e. The van der Waals surface area contributed by atoms with E-state index in [1.807, 2.05) is 27.7 Å². The molecule has 0 saturated carbocycles. The van der Waals surface area contributed by atoms with Gasteiger partial charge >= 0.3 is 6.09 Å². The second-order valence-corrected chi connectivity index (χ2v) is 5.52. The highest BCUT2D eigenvalue weighted by Gasteiger charge is 2.34. The summed E-state index contributed by atoms with van der Waals surface area (Å²) in [6.07, 6.45) is -0.967. The fourth-order valence-electron chi connectivity index (χ4n) is 1.51. The molecule has 108 valence electrons. The number of nitrogens with one attached hydrogen (secondary N) is 1. The van der Waals surface area contributed by atoms with E-state index in [2.05, 4.69) is 5.32 Å². The molecule has 0 aliphatic carbocycles. The Morgan fingerprint density at radius 2 is 1.72 bits per heavy atom. The summed E-state index contributed by atoms with van der Waals surface area (Å²) in [4.78, 5) is 11.6. The molecule has 0 saturated heterocycles. The summed E-state index contributed by atoms with van der Waals surface area (Å²) < 4.78 is 15.5. The van der Waals surface area contributed by atoms with Crippen molar-refractivity contribution in [1.82, 2.24) is 5.32 Å². The Balaban J connectivity index is 4.42. The Kier molecular flexibility index (Phi) is 6.59. The predicted octanol–water partition coefficient (Wildman–Crippen LogP) is 1.09. The van der Waals surface area contributed by atoms with Crippen LogP contribution in [-0.2, 0) is 14.2 Å². The average molecular weight is 262 g/mol. The van der Waals surface area contributed by atoms with Crippen molar-refractivity contribution in [3.05, 3.63) is 0 Å². The molecule has 1 amide bonds. The first-order valence-electron chi connectivity index (χ1n) is 5.91. The van der Waals surface area contributed by atoms with Crippen LogP contribution in [-0.4, -0.2) is 45.3 Å². The van der Waals surface area contributed by atoms with Gasteiger partial charge in [-0.2, -0.15) is 0 Å². The second-order valence-electron chi connectivity index (χ2n) is 5.52. The van der Waals surface area contributed by atoms with Crippen molar-refractivity contribution < 1.29 is 19.0 Å². The number of methoxy groups -OCH3 is 2. The molecule has 1 atom stereocenters. The maximum Gasteiger partial charge on any atom is 0.407 e. The summed E-state index contributed by atoms with van der Waals surface area (Å²) in [6.45, 7) is 7.92. The number of carbonyl (C=O) groups is 1. The SMILES string of the molecule is COC(OC)C(C)(CN)CNC(=O)OC(C)(C)C. The molecule has 6 heteroatoms. The predicted molar refractivity (Wildman–Crippen MR) is 69.2 cm³/mol. The van der Waals surface area contributed by atoms with Crippen molar-refractivity contribution in [2.75, 3.05) is 27.3 Å². The van der Waals surface area contributed by atoms with Crippen LogP contribution in [0.15, 0.2) is 0 Å². The lowest BCUT2D eigenvalue weighted by Gasteiger charge is -2.34. The molecule has 0 aromatic heterocycles. The van der Waals surface area contributed by atoms with Crippen LogP contribution in [0, 0.1) is 5.41 Å². The fourth-order valence-corrected chi connectivity index (χ4v) is 1.51. The number of amides is 1. The van der Waals surface area contributed by atoms with E-state index in [1.165, 1.54) is 14.2 Å². The molecule has 0 aromatic rings. The maximum absolute atomic E-state index is 11.6. The summed E-state index contributed by atoms with van der Waals surface area (Å²) in [6, 6.07) is 0. The zero-order chi connectivity index (χ0) is 14.4. The first kappa shape index (κ1) is 17.2. The van der Waals surface area contributed by atoms with Crippen LogP contribution in [0.5, 0.6) is 0 Å². The summed E-state index contributed by atoms with van der Waals surface area (Å²) >= 11 is 0. The average Bonchev–Trinajstić information content (AvgIpc) is 2.25. The number of hydrogen-bond acceptors (Lipinski definition) is 5. The van der Waals surface area contributed by atoms with Gasteiger partial charge in [0.15, 0.2) is 6.29 Å². The molecule has 0 aromatic carbocycles. The minimum Gasteiger partial charge on any atom is -0.444 e. The van der Waals surface area contributed by atoms with E-state index in [0.29, 0.717) is 13.1 Å². The van der Waals surface area contributed by atoms with Crippen LogP contribution in [0.3, 0.4) is 0 Å².